The Hall–Kier alpha value is -1.22. The molecule has 0 aliphatic heterocycles. The molecule has 0 saturated heterocycles. The van der Waals surface area contributed by atoms with Gasteiger partial charge in [-0.3, -0.25) is 0 Å². The van der Waals surface area contributed by atoms with Gasteiger partial charge in [-0.15, -0.1) is 0 Å². The smallest absolute Gasteiger partial charge is 0.166 e. The molecule has 1 aromatic rings. The van der Waals surface area contributed by atoms with E-state index in [0.717, 1.165) is 30.9 Å². The summed E-state index contributed by atoms with van der Waals surface area (Å²) in [6.45, 7) is 2.66. The zero-order valence-electron chi connectivity index (χ0n) is 9.88. The van der Waals surface area contributed by atoms with E-state index in [1.807, 2.05) is 13.0 Å². The SMILES string of the molecule is CCOC1CC=C(c2cccc(F)c2F)CC1. The van der Waals surface area contributed by atoms with Gasteiger partial charge in [0, 0.05) is 12.2 Å². The van der Waals surface area contributed by atoms with E-state index >= 15 is 0 Å². The van der Waals surface area contributed by atoms with Crippen molar-refractivity contribution in [1.82, 2.24) is 0 Å². The molecular formula is C14H16F2O. The highest BCUT2D eigenvalue weighted by molar-refractivity contribution is 5.66. The average Bonchev–Trinajstić information content (AvgIpc) is 2.34. The highest BCUT2D eigenvalue weighted by atomic mass is 19.2. The largest absolute Gasteiger partial charge is 0.378 e. The van der Waals surface area contributed by atoms with Crippen molar-refractivity contribution in [1.29, 1.82) is 0 Å². The fourth-order valence-electron chi connectivity index (χ4n) is 2.19. The summed E-state index contributed by atoms with van der Waals surface area (Å²) in [5, 5.41) is 0. The van der Waals surface area contributed by atoms with Gasteiger partial charge in [-0.2, -0.15) is 0 Å². The third-order valence-electron chi connectivity index (χ3n) is 3.06. The minimum absolute atomic E-state index is 0.223. The van der Waals surface area contributed by atoms with Gasteiger partial charge in [-0.1, -0.05) is 18.2 Å². The van der Waals surface area contributed by atoms with Gasteiger partial charge < -0.3 is 4.74 Å². The Kier molecular flexibility index (Phi) is 3.89. The van der Waals surface area contributed by atoms with Crippen molar-refractivity contribution in [3.8, 4) is 0 Å². The average molecular weight is 238 g/mol. The molecule has 0 aromatic heterocycles. The van der Waals surface area contributed by atoms with Gasteiger partial charge >= 0.3 is 0 Å². The van der Waals surface area contributed by atoms with Crippen LogP contribution in [0.3, 0.4) is 0 Å². The van der Waals surface area contributed by atoms with Crippen LogP contribution < -0.4 is 0 Å². The van der Waals surface area contributed by atoms with Crippen LogP contribution in [-0.4, -0.2) is 12.7 Å². The topological polar surface area (TPSA) is 9.23 Å². The molecule has 0 bridgehead atoms. The lowest BCUT2D eigenvalue weighted by Gasteiger charge is -2.22. The minimum atomic E-state index is -0.782. The van der Waals surface area contributed by atoms with E-state index in [-0.39, 0.29) is 6.10 Å². The molecule has 0 fully saturated rings. The van der Waals surface area contributed by atoms with Crippen molar-refractivity contribution < 1.29 is 13.5 Å². The first-order valence-corrected chi connectivity index (χ1v) is 5.97. The first-order chi connectivity index (χ1) is 8.22. The molecule has 1 aliphatic rings. The van der Waals surface area contributed by atoms with Crippen LogP contribution in [-0.2, 0) is 4.74 Å². The number of ether oxygens (including phenoxy) is 1. The van der Waals surface area contributed by atoms with Crippen LogP contribution >= 0.6 is 0 Å². The fourth-order valence-corrected chi connectivity index (χ4v) is 2.19. The maximum atomic E-state index is 13.6. The molecule has 0 radical (unpaired) electrons. The second-order valence-electron chi connectivity index (χ2n) is 4.18. The molecule has 0 amide bonds. The van der Waals surface area contributed by atoms with Crippen LogP contribution in [0.25, 0.3) is 5.57 Å². The third-order valence-corrected chi connectivity index (χ3v) is 3.06. The van der Waals surface area contributed by atoms with Crippen molar-refractivity contribution in [2.75, 3.05) is 6.61 Å². The maximum absolute atomic E-state index is 13.6. The molecule has 1 unspecified atom stereocenters. The summed E-state index contributed by atoms with van der Waals surface area (Å²) in [5.74, 6) is -1.52. The number of halogens is 2. The van der Waals surface area contributed by atoms with Crippen molar-refractivity contribution in [2.45, 2.75) is 32.3 Å². The predicted molar refractivity (Wildman–Crippen MR) is 63.6 cm³/mol. The van der Waals surface area contributed by atoms with Crippen molar-refractivity contribution in [3.63, 3.8) is 0 Å². The molecule has 3 heteroatoms. The second kappa shape index (κ2) is 5.41. The van der Waals surface area contributed by atoms with Crippen molar-refractivity contribution in [2.24, 2.45) is 0 Å². The van der Waals surface area contributed by atoms with E-state index in [4.69, 9.17) is 4.74 Å². The summed E-state index contributed by atoms with van der Waals surface area (Å²) in [5.41, 5.74) is 1.28. The van der Waals surface area contributed by atoms with Gasteiger partial charge in [-0.05, 0) is 37.8 Å². The van der Waals surface area contributed by atoms with Crippen LogP contribution in [0.1, 0.15) is 31.7 Å². The number of hydrogen-bond acceptors (Lipinski definition) is 1. The number of hydrogen-bond donors (Lipinski definition) is 0. The van der Waals surface area contributed by atoms with E-state index < -0.39 is 11.6 Å². The Morgan fingerprint density at radius 2 is 2.18 bits per heavy atom. The maximum Gasteiger partial charge on any atom is 0.166 e. The molecule has 1 aliphatic carbocycles. The zero-order valence-corrected chi connectivity index (χ0v) is 9.88. The molecule has 17 heavy (non-hydrogen) atoms. The minimum Gasteiger partial charge on any atom is -0.378 e. The van der Waals surface area contributed by atoms with Crippen molar-refractivity contribution in [3.05, 3.63) is 41.5 Å². The highest BCUT2D eigenvalue weighted by Crippen LogP contribution is 2.30. The van der Waals surface area contributed by atoms with E-state index in [0.29, 0.717) is 12.2 Å². The Balaban J connectivity index is 2.16. The van der Waals surface area contributed by atoms with Crippen LogP contribution in [0.4, 0.5) is 8.78 Å². The van der Waals surface area contributed by atoms with Gasteiger partial charge in [0.15, 0.2) is 11.6 Å². The lowest BCUT2D eigenvalue weighted by molar-refractivity contribution is 0.0579. The Labute approximate surface area is 100 Å². The molecule has 1 nitrogen and oxygen atoms in total. The summed E-state index contributed by atoms with van der Waals surface area (Å²) >= 11 is 0. The molecule has 1 atom stereocenters. The summed E-state index contributed by atoms with van der Waals surface area (Å²) < 4.78 is 32.2. The lowest BCUT2D eigenvalue weighted by atomic mass is 9.91. The number of benzene rings is 1. The van der Waals surface area contributed by atoms with Gasteiger partial charge in [0.05, 0.1) is 6.10 Å². The molecule has 2 rings (SSSR count). The first kappa shape index (κ1) is 12.2. The third kappa shape index (κ3) is 2.72. The number of rotatable bonds is 3. The first-order valence-electron chi connectivity index (χ1n) is 5.97. The summed E-state index contributed by atoms with van der Waals surface area (Å²) in [7, 11) is 0. The van der Waals surface area contributed by atoms with Crippen molar-refractivity contribution >= 4 is 5.57 Å². The summed E-state index contributed by atoms with van der Waals surface area (Å²) in [6.07, 6.45) is 4.57. The Bertz CT molecular complexity index is 426. The molecule has 92 valence electrons. The summed E-state index contributed by atoms with van der Waals surface area (Å²) in [6, 6.07) is 4.32. The van der Waals surface area contributed by atoms with Gasteiger partial charge in [-0.25, -0.2) is 8.78 Å². The molecule has 0 saturated carbocycles. The van der Waals surface area contributed by atoms with E-state index in [9.17, 15) is 8.78 Å². The fraction of sp³-hybridized carbons (Fsp3) is 0.429. The van der Waals surface area contributed by atoms with Crippen LogP contribution in [0, 0.1) is 11.6 Å². The predicted octanol–water partition coefficient (Wildman–Crippen LogP) is 3.94. The molecule has 0 heterocycles. The van der Waals surface area contributed by atoms with Crippen LogP contribution in [0.2, 0.25) is 0 Å². The van der Waals surface area contributed by atoms with E-state index in [1.165, 1.54) is 0 Å². The van der Waals surface area contributed by atoms with E-state index in [1.54, 1.807) is 12.1 Å². The standard InChI is InChI=1S/C14H16F2O/c1-2-17-11-8-6-10(7-9-11)12-4-3-5-13(15)14(12)16/h3-6,11H,2,7-9H2,1H3. The van der Waals surface area contributed by atoms with Gasteiger partial charge in [0.25, 0.3) is 0 Å². The van der Waals surface area contributed by atoms with Gasteiger partial charge in [0.2, 0.25) is 0 Å². The molecular weight excluding hydrogens is 222 g/mol. The highest BCUT2D eigenvalue weighted by Gasteiger charge is 2.18. The molecule has 1 aromatic carbocycles. The van der Waals surface area contributed by atoms with Gasteiger partial charge in [0.1, 0.15) is 0 Å². The normalized spacial score (nSPS) is 20.2. The van der Waals surface area contributed by atoms with Crippen LogP contribution in [0.5, 0.6) is 0 Å². The zero-order chi connectivity index (χ0) is 12.3. The second-order valence-corrected chi connectivity index (χ2v) is 4.18. The summed E-state index contributed by atoms with van der Waals surface area (Å²) in [4.78, 5) is 0. The molecule has 0 spiro atoms. The Morgan fingerprint density at radius 1 is 1.35 bits per heavy atom. The van der Waals surface area contributed by atoms with Crippen LogP contribution in [0.15, 0.2) is 24.3 Å². The monoisotopic (exact) mass is 238 g/mol. The van der Waals surface area contributed by atoms with E-state index in [2.05, 4.69) is 0 Å². The number of allylic oxidation sites excluding steroid dienone is 1. The lowest BCUT2D eigenvalue weighted by Crippen LogP contribution is -2.15. The molecule has 0 N–H and O–H groups in total. The Morgan fingerprint density at radius 3 is 2.82 bits per heavy atom. The quantitative estimate of drug-likeness (QED) is 0.775.